The van der Waals surface area contributed by atoms with E-state index in [9.17, 15) is 13.2 Å². The van der Waals surface area contributed by atoms with Crippen molar-refractivity contribution >= 4 is 25.6 Å². The summed E-state index contributed by atoms with van der Waals surface area (Å²) in [7, 11) is 1.56. The Balaban J connectivity index is 1.83. The van der Waals surface area contributed by atoms with Gasteiger partial charge in [0.2, 0.25) is 5.91 Å². The van der Waals surface area contributed by atoms with E-state index in [1.165, 1.54) is 25.0 Å². The lowest BCUT2D eigenvalue weighted by Crippen LogP contribution is -2.34. The van der Waals surface area contributed by atoms with Crippen LogP contribution in [0.3, 0.4) is 0 Å². The maximum atomic E-state index is 11.8. The van der Waals surface area contributed by atoms with Crippen LogP contribution in [0.5, 0.6) is 0 Å². The Morgan fingerprint density at radius 3 is 2.45 bits per heavy atom. The van der Waals surface area contributed by atoms with Gasteiger partial charge < -0.3 is 5.32 Å². The average molecular weight is 316 g/mol. The zero-order valence-electron chi connectivity index (χ0n) is 11.3. The molecule has 1 unspecified atom stereocenters. The first-order valence-corrected chi connectivity index (χ1v) is 9.00. The SMILES string of the molecule is CC(NC(=O)CCc1ccc(S(=O)(=O)Cl)cc1)C1CC1. The molecule has 4 nitrogen and oxygen atoms in total. The van der Waals surface area contributed by atoms with E-state index >= 15 is 0 Å². The molecule has 20 heavy (non-hydrogen) atoms. The summed E-state index contributed by atoms with van der Waals surface area (Å²) in [5.74, 6) is 0.686. The first-order valence-electron chi connectivity index (χ1n) is 6.69. The highest BCUT2D eigenvalue weighted by Crippen LogP contribution is 2.32. The molecule has 110 valence electrons. The van der Waals surface area contributed by atoms with Crippen molar-refractivity contribution in [1.29, 1.82) is 0 Å². The first-order chi connectivity index (χ1) is 9.36. The molecule has 0 saturated heterocycles. The zero-order valence-corrected chi connectivity index (χ0v) is 12.9. The molecule has 1 aromatic rings. The lowest BCUT2D eigenvalue weighted by atomic mass is 10.1. The number of amides is 1. The van der Waals surface area contributed by atoms with Crippen LogP contribution in [0.1, 0.15) is 31.7 Å². The van der Waals surface area contributed by atoms with Gasteiger partial charge in [0, 0.05) is 23.1 Å². The lowest BCUT2D eigenvalue weighted by Gasteiger charge is -2.12. The number of halogens is 1. The smallest absolute Gasteiger partial charge is 0.261 e. The number of nitrogens with one attached hydrogen (secondary N) is 1. The quantitative estimate of drug-likeness (QED) is 0.820. The lowest BCUT2D eigenvalue weighted by molar-refractivity contribution is -0.121. The number of hydrogen-bond donors (Lipinski definition) is 1. The Morgan fingerprint density at radius 1 is 1.35 bits per heavy atom. The highest BCUT2D eigenvalue weighted by Gasteiger charge is 2.28. The third-order valence-corrected chi connectivity index (χ3v) is 4.93. The van der Waals surface area contributed by atoms with Crippen molar-refractivity contribution in [2.45, 2.75) is 43.5 Å². The van der Waals surface area contributed by atoms with Gasteiger partial charge in [0.05, 0.1) is 4.90 Å². The molecule has 0 spiro atoms. The Kier molecular flexibility index (Phi) is 4.70. The fourth-order valence-electron chi connectivity index (χ4n) is 2.12. The van der Waals surface area contributed by atoms with Crippen LogP contribution in [0.15, 0.2) is 29.2 Å². The number of rotatable bonds is 6. The molecular formula is C14H18ClNO3S. The number of hydrogen-bond acceptors (Lipinski definition) is 3. The second kappa shape index (κ2) is 6.14. The molecule has 0 radical (unpaired) electrons. The third-order valence-electron chi connectivity index (χ3n) is 3.56. The van der Waals surface area contributed by atoms with Gasteiger partial charge in [0.15, 0.2) is 0 Å². The van der Waals surface area contributed by atoms with E-state index in [0.717, 1.165) is 5.56 Å². The number of aryl methyl sites for hydroxylation is 1. The van der Waals surface area contributed by atoms with Crippen molar-refractivity contribution in [2.24, 2.45) is 5.92 Å². The average Bonchev–Trinajstić information content (AvgIpc) is 3.20. The van der Waals surface area contributed by atoms with E-state index < -0.39 is 9.05 Å². The van der Waals surface area contributed by atoms with Crippen LogP contribution < -0.4 is 5.32 Å². The Morgan fingerprint density at radius 2 is 1.95 bits per heavy atom. The van der Waals surface area contributed by atoms with E-state index in [0.29, 0.717) is 18.8 Å². The summed E-state index contributed by atoms with van der Waals surface area (Å²) in [6.07, 6.45) is 3.40. The summed E-state index contributed by atoms with van der Waals surface area (Å²) in [5.41, 5.74) is 0.920. The molecule has 1 atom stereocenters. The predicted molar refractivity (Wildman–Crippen MR) is 78.1 cm³/mol. The second-order valence-electron chi connectivity index (χ2n) is 5.28. The maximum absolute atomic E-state index is 11.8. The van der Waals surface area contributed by atoms with Crippen LogP contribution in [-0.4, -0.2) is 20.4 Å². The summed E-state index contributed by atoms with van der Waals surface area (Å²) in [6.45, 7) is 2.04. The molecule has 1 aromatic carbocycles. The second-order valence-corrected chi connectivity index (χ2v) is 7.84. The van der Waals surface area contributed by atoms with Crippen molar-refractivity contribution in [2.75, 3.05) is 0 Å². The fraction of sp³-hybridized carbons (Fsp3) is 0.500. The molecule has 1 saturated carbocycles. The molecule has 0 bridgehead atoms. The standard InChI is InChI=1S/C14H18ClNO3S/c1-10(12-5-6-12)16-14(17)9-4-11-2-7-13(8-3-11)20(15,18)19/h2-3,7-8,10,12H,4-6,9H2,1H3,(H,16,17). The van der Waals surface area contributed by atoms with Gasteiger partial charge in [-0.3, -0.25) is 4.79 Å². The largest absolute Gasteiger partial charge is 0.353 e. The van der Waals surface area contributed by atoms with Crippen LogP contribution in [-0.2, 0) is 20.3 Å². The first kappa shape index (κ1) is 15.3. The van der Waals surface area contributed by atoms with Gasteiger partial charge in [-0.05, 0) is 49.8 Å². The molecule has 0 heterocycles. The van der Waals surface area contributed by atoms with Crippen molar-refractivity contribution in [3.05, 3.63) is 29.8 Å². The maximum Gasteiger partial charge on any atom is 0.261 e. The molecular weight excluding hydrogens is 298 g/mol. The molecule has 2 rings (SSSR count). The van der Waals surface area contributed by atoms with Gasteiger partial charge in [-0.2, -0.15) is 0 Å². The van der Waals surface area contributed by atoms with Crippen LogP contribution >= 0.6 is 10.7 Å². The van der Waals surface area contributed by atoms with Crippen LogP contribution in [0.25, 0.3) is 0 Å². The van der Waals surface area contributed by atoms with Crippen LogP contribution in [0.2, 0.25) is 0 Å². The van der Waals surface area contributed by atoms with Gasteiger partial charge >= 0.3 is 0 Å². The molecule has 1 N–H and O–H groups in total. The number of carbonyl (C=O) groups excluding carboxylic acids is 1. The van der Waals surface area contributed by atoms with Crippen molar-refractivity contribution < 1.29 is 13.2 Å². The van der Waals surface area contributed by atoms with Gasteiger partial charge in [-0.15, -0.1) is 0 Å². The van der Waals surface area contributed by atoms with E-state index in [1.54, 1.807) is 12.1 Å². The van der Waals surface area contributed by atoms with E-state index in [-0.39, 0.29) is 16.8 Å². The van der Waals surface area contributed by atoms with Crippen molar-refractivity contribution in [1.82, 2.24) is 5.32 Å². The molecule has 0 aliphatic heterocycles. The monoisotopic (exact) mass is 315 g/mol. The Labute approximate surface area is 123 Å². The highest BCUT2D eigenvalue weighted by molar-refractivity contribution is 8.13. The minimum Gasteiger partial charge on any atom is -0.353 e. The summed E-state index contributed by atoms with van der Waals surface area (Å²) in [6, 6.07) is 6.55. The van der Waals surface area contributed by atoms with E-state index in [2.05, 4.69) is 5.32 Å². The minimum atomic E-state index is -3.68. The molecule has 1 aliphatic rings. The number of benzene rings is 1. The molecule has 0 aromatic heterocycles. The normalized spacial score (nSPS) is 16.7. The van der Waals surface area contributed by atoms with E-state index in [1.807, 2.05) is 6.92 Å². The third kappa shape index (κ3) is 4.49. The molecule has 6 heteroatoms. The van der Waals surface area contributed by atoms with Crippen molar-refractivity contribution in [3.8, 4) is 0 Å². The zero-order chi connectivity index (χ0) is 14.8. The Bertz CT molecular complexity index is 579. The summed E-state index contributed by atoms with van der Waals surface area (Å²) >= 11 is 0. The summed E-state index contributed by atoms with van der Waals surface area (Å²) in [5, 5.41) is 2.99. The fourth-order valence-corrected chi connectivity index (χ4v) is 2.89. The van der Waals surface area contributed by atoms with Crippen LogP contribution in [0, 0.1) is 5.92 Å². The minimum absolute atomic E-state index is 0.0402. The molecule has 1 amide bonds. The van der Waals surface area contributed by atoms with Crippen LogP contribution in [0.4, 0.5) is 0 Å². The highest BCUT2D eigenvalue weighted by atomic mass is 35.7. The van der Waals surface area contributed by atoms with Gasteiger partial charge in [-0.1, -0.05) is 12.1 Å². The van der Waals surface area contributed by atoms with Gasteiger partial charge in [-0.25, -0.2) is 8.42 Å². The number of carbonyl (C=O) groups is 1. The summed E-state index contributed by atoms with van der Waals surface area (Å²) in [4.78, 5) is 11.8. The topological polar surface area (TPSA) is 63.2 Å². The van der Waals surface area contributed by atoms with E-state index in [4.69, 9.17) is 10.7 Å². The van der Waals surface area contributed by atoms with Gasteiger partial charge in [0.1, 0.15) is 0 Å². The molecule has 1 aliphatic carbocycles. The van der Waals surface area contributed by atoms with Crippen molar-refractivity contribution in [3.63, 3.8) is 0 Å². The predicted octanol–water partition coefficient (Wildman–Crippen LogP) is 2.46. The molecule has 1 fully saturated rings. The summed E-state index contributed by atoms with van der Waals surface area (Å²) < 4.78 is 22.2. The Hall–Kier alpha value is -1.07. The van der Waals surface area contributed by atoms with Gasteiger partial charge in [0.25, 0.3) is 9.05 Å².